The topological polar surface area (TPSA) is 66.6 Å². The van der Waals surface area contributed by atoms with Crippen molar-refractivity contribution in [2.24, 2.45) is 5.73 Å². The SMILES string of the molecule is CCCC(C)(N)C(=O)N1CCN(C(=O)c2c(Cl)cccc2Cl)CC1. The van der Waals surface area contributed by atoms with Crippen LogP contribution in [0.2, 0.25) is 10.0 Å². The molecule has 0 aromatic heterocycles. The first-order valence-electron chi connectivity index (χ1n) is 8.09. The Labute approximate surface area is 152 Å². The Hall–Kier alpha value is -1.30. The van der Waals surface area contributed by atoms with E-state index < -0.39 is 5.54 Å². The summed E-state index contributed by atoms with van der Waals surface area (Å²) in [4.78, 5) is 28.6. The van der Waals surface area contributed by atoms with Gasteiger partial charge in [0.1, 0.15) is 0 Å². The predicted molar refractivity (Wildman–Crippen MR) is 96.4 cm³/mol. The quantitative estimate of drug-likeness (QED) is 0.884. The van der Waals surface area contributed by atoms with E-state index in [2.05, 4.69) is 0 Å². The highest BCUT2D eigenvalue weighted by Crippen LogP contribution is 2.26. The third-order valence-corrected chi connectivity index (χ3v) is 4.92. The van der Waals surface area contributed by atoms with E-state index in [1.54, 1.807) is 34.9 Å². The first-order valence-corrected chi connectivity index (χ1v) is 8.85. The second-order valence-electron chi connectivity index (χ2n) is 6.35. The van der Waals surface area contributed by atoms with Crippen LogP contribution in [0.5, 0.6) is 0 Å². The Morgan fingerprint density at radius 3 is 2.12 bits per heavy atom. The molecule has 1 aliphatic heterocycles. The number of hydrogen-bond donors (Lipinski definition) is 1. The van der Waals surface area contributed by atoms with Crippen LogP contribution < -0.4 is 5.73 Å². The molecule has 1 fully saturated rings. The standard InChI is InChI=1S/C17H23Cl2N3O2/c1-3-7-17(2,20)16(24)22-10-8-21(9-11-22)15(23)14-12(18)5-4-6-13(14)19/h4-6H,3,7-11,20H2,1-2H3. The number of carbonyl (C=O) groups is 2. The molecule has 0 bridgehead atoms. The molecule has 1 heterocycles. The maximum Gasteiger partial charge on any atom is 0.257 e. The maximum atomic E-state index is 12.6. The van der Waals surface area contributed by atoms with Gasteiger partial charge in [-0.1, -0.05) is 42.6 Å². The van der Waals surface area contributed by atoms with Crippen LogP contribution in [0, 0.1) is 0 Å². The van der Waals surface area contributed by atoms with Crippen LogP contribution in [0.1, 0.15) is 37.0 Å². The van der Waals surface area contributed by atoms with Crippen LogP contribution >= 0.6 is 23.2 Å². The Morgan fingerprint density at radius 2 is 1.62 bits per heavy atom. The van der Waals surface area contributed by atoms with Gasteiger partial charge < -0.3 is 15.5 Å². The molecule has 1 unspecified atom stereocenters. The molecule has 2 amide bonds. The lowest BCUT2D eigenvalue weighted by Gasteiger charge is -2.38. The summed E-state index contributed by atoms with van der Waals surface area (Å²) < 4.78 is 0. The van der Waals surface area contributed by atoms with Gasteiger partial charge in [-0.3, -0.25) is 9.59 Å². The molecule has 2 N–H and O–H groups in total. The maximum absolute atomic E-state index is 12.6. The Balaban J connectivity index is 2.03. The number of halogens is 2. The van der Waals surface area contributed by atoms with Gasteiger partial charge in [0.05, 0.1) is 21.1 Å². The van der Waals surface area contributed by atoms with Crippen LogP contribution in [0.4, 0.5) is 0 Å². The van der Waals surface area contributed by atoms with Gasteiger partial charge in [0.15, 0.2) is 0 Å². The number of benzene rings is 1. The second-order valence-corrected chi connectivity index (χ2v) is 7.16. The molecule has 1 aliphatic rings. The number of hydrogen-bond acceptors (Lipinski definition) is 3. The number of nitrogens with two attached hydrogens (primary N) is 1. The average Bonchev–Trinajstić information content (AvgIpc) is 2.54. The highest BCUT2D eigenvalue weighted by molar-refractivity contribution is 6.39. The number of rotatable bonds is 4. The molecule has 1 saturated heterocycles. The smallest absolute Gasteiger partial charge is 0.257 e. The molecule has 1 aromatic carbocycles. The van der Waals surface area contributed by atoms with Crippen LogP contribution in [0.25, 0.3) is 0 Å². The van der Waals surface area contributed by atoms with Gasteiger partial charge in [-0.25, -0.2) is 0 Å². The van der Waals surface area contributed by atoms with E-state index >= 15 is 0 Å². The van der Waals surface area contributed by atoms with Crippen LogP contribution in [-0.4, -0.2) is 53.3 Å². The number of carbonyl (C=O) groups excluding carboxylic acids is 2. The minimum absolute atomic E-state index is 0.0628. The zero-order chi connectivity index (χ0) is 17.9. The fourth-order valence-corrected chi connectivity index (χ4v) is 3.52. The van der Waals surface area contributed by atoms with Gasteiger partial charge >= 0.3 is 0 Å². The summed E-state index contributed by atoms with van der Waals surface area (Å²) in [6.07, 6.45) is 1.49. The summed E-state index contributed by atoms with van der Waals surface area (Å²) in [5.41, 5.74) is 5.58. The first-order chi connectivity index (χ1) is 11.3. The van der Waals surface area contributed by atoms with Crippen molar-refractivity contribution in [2.45, 2.75) is 32.2 Å². The van der Waals surface area contributed by atoms with Crippen molar-refractivity contribution in [1.29, 1.82) is 0 Å². The third kappa shape index (κ3) is 4.02. The first kappa shape index (κ1) is 19.0. The lowest BCUT2D eigenvalue weighted by Crippen LogP contribution is -2.58. The molecule has 5 nitrogen and oxygen atoms in total. The van der Waals surface area contributed by atoms with Gasteiger partial charge in [-0.2, -0.15) is 0 Å². The minimum atomic E-state index is -0.854. The van der Waals surface area contributed by atoms with E-state index in [9.17, 15) is 9.59 Å². The minimum Gasteiger partial charge on any atom is -0.338 e. The van der Waals surface area contributed by atoms with E-state index in [0.717, 1.165) is 6.42 Å². The molecule has 0 spiro atoms. The Morgan fingerprint density at radius 1 is 1.12 bits per heavy atom. The Bertz CT molecular complexity index is 606. The molecule has 0 aliphatic carbocycles. The van der Waals surface area contributed by atoms with E-state index in [1.165, 1.54) is 0 Å². The summed E-state index contributed by atoms with van der Waals surface area (Å²) in [6, 6.07) is 4.99. The van der Waals surface area contributed by atoms with Gasteiger partial charge in [0, 0.05) is 26.2 Å². The molecule has 1 atom stereocenters. The van der Waals surface area contributed by atoms with Gasteiger partial charge in [-0.15, -0.1) is 0 Å². The van der Waals surface area contributed by atoms with Crippen LogP contribution in [-0.2, 0) is 4.79 Å². The molecule has 2 rings (SSSR count). The predicted octanol–water partition coefficient (Wildman–Crippen LogP) is 2.80. The van der Waals surface area contributed by atoms with Crippen molar-refractivity contribution >= 4 is 35.0 Å². The van der Waals surface area contributed by atoms with Crippen molar-refractivity contribution in [2.75, 3.05) is 26.2 Å². The van der Waals surface area contributed by atoms with Crippen molar-refractivity contribution in [3.05, 3.63) is 33.8 Å². The van der Waals surface area contributed by atoms with E-state index in [-0.39, 0.29) is 11.8 Å². The molecule has 0 saturated carbocycles. The van der Waals surface area contributed by atoms with E-state index in [0.29, 0.717) is 48.2 Å². The lowest BCUT2D eigenvalue weighted by atomic mass is 9.95. The largest absolute Gasteiger partial charge is 0.338 e. The normalized spacial score (nSPS) is 17.5. The fourth-order valence-electron chi connectivity index (χ4n) is 2.96. The number of amides is 2. The van der Waals surface area contributed by atoms with Gasteiger partial charge in [0.25, 0.3) is 5.91 Å². The zero-order valence-electron chi connectivity index (χ0n) is 14.0. The third-order valence-electron chi connectivity index (χ3n) is 4.29. The highest BCUT2D eigenvalue weighted by atomic mass is 35.5. The molecular weight excluding hydrogens is 349 g/mol. The fraction of sp³-hybridized carbons (Fsp3) is 0.529. The molecule has 7 heteroatoms. The van der Waals surface area contributed by atoms with Crippen LogP contribution in [0.15, 0.2) is 18.2 Å². The molecule has 24 heavy (non-hydrogen) atoms. The summed E-state index contributed by atoms with van der Waals surface area (Å²) >= 11 is 12.2. The summed E-state index contributed by atoms with van der Waals surface area (Å²) in [6.45, 7) is 5.57. The molecule has 132 valence electrons. The highest BCUT2D eigenvalue weighted by Gasteiger charge is 2.34. The number of nitrogens with zero attached hydrogens (tertiary/aromatic N) is 2. The monoisotopic (exact) mass is 371 g/mol. The van der Waals surface area contributed by atoms with Crippen molar-refractivity contribution in [3.63, 3.8) is 0 Å². The van der Waals surface area contributed by atoms with Gasteiger partial charge in [-0.05, 0) is 25.5 Å². The lowest BCUT2D eigenvalue weighted by molar-refractivity contribution is -0.138. The van der Waals surface area contributed by atoms with Gasteiger partial charge in [0.2, 0.25) is 5.91 Å². The van der Waals surface area contributed by atoms with Crippen molar-refractivity contribution < 1.29 is 9.59 Å². The molecule has 1 aromatic rings. The summed E-state index contributed by atoms with van der Waals surface area (Å²) in [5.74, 6) is -0.269. The summed E-state index contributed by atoms with van der Waals surface area (Å²) in [5, 5.41) is 0.673. The second kappa shape index (κ2) is 7.72. The van der Waals surface area contributed by atoms with Crippen molar-refractivity contribution in [3.8, 4) is 0 Å². The summed E-state index contributed by atoms with van der Waals surface area (Å²) in [7, 11) is 0. The zero-order valence-corrected chi connectivity index (χ0v) is 15.5. The number of piperazine rings is 1. The molecule has 0 radical (unpaired) electrons. The van der Waals surface area contributed by atoms with Crippen LogP contribution in [0.3, 0.4) is 0 Å². The molecular formula is C17H23Cl2N3O2. The van der Waals surface area contributed by atoms with E-state index in [1.807, 2.05) is 6.92 Å². The average molecular weight is 372 g/mol. The van der Waals surface area contributed by atoms with Crippen molar-refractivity contribution in [1.82, 2.24) is 9.80 Å². The Kier molecular flexibility index (Phi) is 6.12. The van der Waals surface area contributed by atoms with E-state index in [4.69, 9.17) is 28.9 Å².